The van der Waals surface area contributed by atoms with Gasteiger partial charge >= 0.3 is 6.18 Å². The number of amides is 1. The number of rotatable bonds is 3. The first-order chi connectivity index (χ1) is 13.8. The molecule has 1 amide bonds. The van der Waals surface area contributed by atoms with Crippen LogP contribution in [-0.4, -0.2) is 48.4 Å². The number of carbonyl (C=O) groups is 1. The maximum Gasteiger partial charge on any atom is 0.416 e. The number of carbonyl (C=O) groups excluding carboxylic acids is 1. The number of benzene rings is 2. The predicted octanol–water partition coefficient (Wildman–Crippen LogP) is 4.59. The molecule has 0 aliphatic carbocycles. The van der Waals surface area contributed by atoms with Crippen LogP contribution < -0.4 is 4.74 Å². The van der Waals surface area contributed by atoms with Gasteiger partial charge in [-0.1, -0.05) is 6.07 Å². The number of hydrogen-bond acceptors (Lipinski definition) is 3. The van der Waals surface area contributed by atoms with Gasteiger partial charge in [0.25, 0.3) is 5.91 Å². The highest BCUT2D eigenvalue weighted by Crippen LogP contribution is 2.35. The van der Waals surface area contributed by atoms with Crippen LogP contribution in [-0.2, 0) is 12.6 Å². The summed E-state index contributed by atoms with van der Waals surface area (Å²) >= 11 is 0. The molecule has 1 atom stereocenters. The molecule has 2 aromatic rings. The van der Waals surface area contributed by atoms with E-state index in [2.05, 4.69) is 11.9 Å². The number of nitrogens with zero attached hydrogens (tertiary/aromatic N) is 2. The number of ether oxygens (including phenoxy) is 1. The molecule has 0 N–H and O–H groups in total. The fraction of sp³-hybridized carbons (Fsp3) is 0.409. The highest BCUT2D eigenvalue weighted by atomic mass is 19.4. The van der Waals surface area contributed by atoms with Gasteiger partial charge in [0, 0.05) is 30.3 Å². The van der Waals surface area contributed by atoms with E-state index in [1.165, 1.54) is 12.1 Å². The third-order valence-electron chi connectivity index (χ3n) is 5.68. The number of piperidine rings is 1. The molecule has 2 heterocycles. The van der Waals surface area contributed by atoms with Crippen molar-refractivity contribution in [3.8, 4) is 11.5 Å². The number of alkyl halides is 3. The molecule has 0 saturated carbocycles. The molecule has 4 nitrogen and oxygen atoms in total. The molecule has 0 aromatic heterocycles. The zero-order chi connectivity index (χ0) is 20.6. The van der Waals surface area contributed by atoms with Crippen LogP contribution >= 0.6 is 0 Å². The molecule has 7 heteroatoms. The summed E-state index contributed by atoms with van der Waals surface area (Å²) in [5, 5.41) is 0. The van der Waals surface area contributed by atoms with Gasteiger partial charge in [0.05, 0.1) is 5.56 Å². The zero-order valence-electron chi connectivity index (χ0n) is 16.2. The van der Waals surface area contributed by atoms with Crippen LogP contribution in [0.2, 0.25) is 0 Å². The molecule has 29 heavy (non-hydrogen) atoms. The van der Waals surface area contributed by atoms with E-state index in [0.717, 1.165) is 43.6 Å². The maximum atomic E-state index is 13.1. The van der Waals surface area contributed by atoms with Gasteiger partial charge in [-0.3, -0.25) is 4.79 Å². The zero-order valence-corrected chi connectivity index (χ0v) is 16.2. The van der Waals surface area contributed by atoms with Crippen LogP contribution in [0, 0.1) is 0 Å². The largest absolute Gasteiger partial charge is 0.457 e. The Labute approximate surface area is 167 Å². The lowest BCUT2D eigenvalue weighted by molar-refractivity contribution is -0.137. The Kier molecular flexibility index (Phi) is 5.25. The molecule has 0 radical (unpaired) electrons. The van der Waals surface area contributed by atoms with Gasteiger partial charge < -0.3 is 14.5 Å². The summed E-state index contributed by atoms with van der Waals surface area (Å²) < 4.78 is 44.1. The Morgan fingerprint density at radius 2 is 1.83 bits per heavy atom. The van der Waals surface area contributed by atoms with Crippen LogP contribution in [0.4, 0.5) is 13.2 Å². The molecule has 2 aliphatic rings. The summed E-state index contributed by atoms with van der Waals surface area (Å²) in [5.41, 5.74) is 0.718. The summed E-state index contributed by atoms with van der Waals surface area (Å²) in [6.07, 6.45) is -1.63. The van der Waals surface area contributed by atoms with E-state index >= 15 is 0 Å². The van der Waals surface area contributed by atoms with Gasteiger partial charge in [0.2, 0.25) is 0 Å². The van der Waals surface area contributed by atoms with E-state index in [0.29, 0.717) is 30.0 Å². The first kappa shape index (κ1) is 19.8. The second-order valence-electron chi connectivity index (χ2n) is 7.71. The number of fused-ring (bicyclic) bond motifs is 1. The topological polar surface area (TPSA) is 32.8 Å². The number of halogens is 3. The first-order valence-electron chi connectivity index (χ1n) is 9.79. The van der Waals surface area contributed by atoms with Crippen LogP contribution in [0.5, 0.6) is 11.5 Å². The van der Waals surface area contributed by atoms with Gasteiger partial charge in [-0.2, -0.15) is 13.2 Å². The molecule has 2 aliphatic heterocycles. The molecule has 154 valence electrons. The third kappa shape index (κ3) is 4.10. The quantitative estimate of drug-likeness (QED) is 0.750. The Balaban J connectivity index is 1.54. The monoisotopic (exact) mass is 404 g/mol. The lowest BCUT2D eigenvalue weighted by atomic mass is 9.94. The van der Waals surface area contributed by atoms with Gasteiger partial charge in [-0.05, 0) is 69.3 Å². The van der Waals surface area contributed by atoms with Gasteiger partial charge in [0.1, 0.15) is 11.5 Å². The minimum Gasteiger partial charge on any atom is -0.457 e. The molecule has 1 fully saturated rings. The second-order valence-corrected chi connectivity index (χ2v) is 7.71. The molecule has 0 spiro atoms. The Morgan fingerprint density at radius 3 is 2.52 bits per heavy atom. The standard InChI is InChI=1S/C22H23F3N2O2/c1-26-12-3-4-16(14-26)27-13-11-18-19(21(27)28)5-2-6-20(18)29-17-9-7-15(8-10-17)22(23,24)25/h2,5-10,16H,3-4,11-14H2,1H3. The summed E-state index contributed by atoms with van der Waals surface area (Å²) in [6.45, 7) is 2.56. The van der Waals surface area contributed by atoms with Crippen molar-refractivity contribution in [3.63, 3.8) is 0 Å². The number of likely N-dealkylation sites (tertiary alicyclic amines) is 1. The van der Waals surface area contributed by atoms with Crippen LogP contribution in [0.25, 0.3) is 0 Å². The van der Waals surface area contributed by atoms with Crippen molar-refractivity contribution in [1.82, 2.24) is 9.80 Å². The SMILES string of the molecule is CN1CCCC(N2CCc3c(Oc4ccc(C(F)(F)F)cc4)cccc3C2=O)C1. The average molecular weight is 404 g/mol. The number of hydrogen-bond donors (Lipinski definition) is 0. The molecule has 0 bridgehead atoms. The fourth-order valence-electron chi connectivity index (χ4n) is 4.19. The van der Waals surface area contributed by atoms with E-state index in [4.69, 9.17) is 4.74 Å². The first-order valence-corrected chi connectivity index (χ1v) is 9.79. The van der Waals surface area contributed by atoms with Crippen molar-refractivity contribution in [1.29, 1.82) is 0 Å². The lowest BCUT2D eigenvalue weighted by Crippen LogP contribution is -2.51. The summed E-state index contributed by atoms with van der Waals surface area (Å²) in [7, 11) is 2.07. The fourth-order valence-corrected chi connectivity index (χ4v) is 4.19. The van der Waals surface area contributed by atoms with Crippen LogP contribution in [0.15, 0.2) is 42.5 Å². The van der Waals surface area contributed by atoms with Gasteiger partial charge in [-0.15, -0.1) is 0 Å². The predicted molar refractivity (Wildman–Crippen MR) is 103 cm³/mol. The molecular weight excluding hydrogens is 381 g/mol. The van der Waals surface area contributed by atoms with E-state index in [-0.39, 0.29) is 11.9 Å². The molecular formula is C22H23F3N2O2. The summed E-state index contributed by atoms with van der Waals surface area (Å²) in [4.78, 5) is 17.3. The van der Waals surface area contributed by atoms with E-state index in [1.54, 1.807) is 18.2 Å². The number of likely N-dealkylation sites (N-methyl/N-ethyl adjacent to an activating group) is 1. The van der Waals surface area contributed by atoms with Crippen molar-refractivity contribution in [2.75, 3.05) is 26.7 Å². The average Bonchev–Trinajstić information content (AvgIpc) is 2.68. The molecule has 4 rings (SSSR count). The summed E-state index contributed by atoms with van der Waals surface area (Å²) in [5.74, 6) is 0.843. The second kappa shape index (κ2) is 7.71. The van der Waals surface area contributed by atoms with Crippen LogP contribution in [0.1, 0.15) is 34.3 Å². The molecule has 2 aromatic carbocycles. The van der Waals surface area contributed by atoms with Crippen molar-refractivity contribution in [2.45, 2.75) is 31.5 Å². The molecule has 1 saturated heterocycles. The van der Waals surface area contributed by atoms with Crippen molar-refractivity contribution in [3.05, 3.63) is 59.2 Å². The minimum atomic E-state index is -4.38. The Morgan fingerprint density at radius 1 is 1.07 bits per heavy atom. The Bertz CT molecular complexity index is 896. The van der Waals surface area contributed by atoms with Crippen LogP contribution in [0.3, 0.4) is 0 Å². The summed E-state index contributed by atoms with van der Waals surface area (Å²) in [6, 6.07) is 10.1. The lowest BCUT2D eigenvalue weighted by Gasteiger charge is -2.40. The minimum absolute atomic E-state index is 0.00409. The van der Waals surface area contributed by atoms with Crippen molar-refractivity contribution in [2.24, 2.45) is 0 Å². The van der Waals surface area contributed by atoms with E-state index in [9.17, 15) is 18.0 Å². The van der Waals surface area contributed by atoms with Crippen molar-refractivity contribution < 1.29 is 22.7 Å². The third-order valence-corrected chi connectivity index (χ3v) is 5.68. The smallest absolute Gasteiger partial charge is 0.416 e. The van der Waals surface area contributed by atoms with E-state index in [1.807, 2.05) is 4.90 Å². The highest BCUT2D eigenvalue weighted by Gasteiger charge is 2.33. The highest BCUT2D eigenvalue weighted by molar-refractivity contribution is 5.97. The van der Waals surface area contributed by atoms with E-state index < -0.39 is 11.7 Å². The van der Waals surface area contributed by atoms with Crippen molar-refractivity contribution >= 4 is 5.91 Å². The normalized spacial score (nSPS) is 20.5. The molecule has 1 unspecified atom stereocenters. The Hall–Kier alpha value is -2.54. The maximum absolute atomic E-state index is 13.1. The van der Waals surface area contributed by atoms with Gasteiger partial charge in [-0.25, -0.2) is 0 Å². The van der Waals surface area contributed by atoms with Gasteiger partial charge in [0.15, 0.2) is 0 Å².